The fourth-order valence-corrected chi connectivity index (χ4v) is 3.74. The van der Waals surface area contributed by atoms with Gasteiger partial charge in [-0.15, -0.1) is 11.3 Å². The Balaban J connectivity index is 1.87. The quantitative estimate of drug-likeness (QED) is 0.891. The lowest BCUT2D eigenvalue weighted by Gasteiger charge is -2.33. The van der Waals surface area contributed by atoms with E-state index in [1.54, 1.807) is 11.3 Å². The maximum atomic E-state index is 10.3. The van der Waals surface area contributed by atoms with Crippen LogP contribution in [0.5, 0.6) is 0 Å². The van der Waals surface area contributed by atoms with Crippen LogP contribution in [0.4, 0.5) is 0 Å². The molecule has 0 fully saturated rings. The number of halogens is 1. The van der Waals surface area contributed by atoms with E-state index in [9.17, 15) is 5.11 Å². The summed E-state index contributed by atoms with van der Waals surface area (Å²) in [4.78, 5) is 1.05. The largest absolute Gasteiger partial charge is 0.387 e. The molecule has 0 saturated carbocycles. The van der Waals surface area contributed by atoms with Crippen LogP contribution in [0.15, 0.2) is 40.2 Å². The molecule has 3 rings (SSSR count). The molecule has 0 aliphatic heterocycles. The number of benzene rings is 1. The molecule has 1 aliphatic rings. The summed E-state index contributed by atoms with van der Waals surface area (Å²) < 4.78 is 1.08. The van der Waals surface area contributed by atoms with Crippen molar-refractivity contribution in [2.45, 2.75) is 18.4 Å². The lowest BCUT2D eigenvalue weighted by molar-refractivity contribution is 0.138. The monoisotopic (exact) mass is 294 g/mol. The summed E-state index contributed by atoms with van der Waals surface area (Å²) in [5, 5.41) is 10.3. The first kappa shape index (κ1) is 10.5. The Morgan fingerprint density at radius 2 is 2.06 bits per heavy atom. The van der Waals surface area contributed by atoms with Gasteiger partial charge in [0, 0.05) is 10.8 Å². The molecular formula is C13H11BrOS. The van der Waals surface area contributed by atoms with E-state index in [-0.39, 0.29) is 12.0 Å². The van der Waals surface area contributed by atoms with E-state index in [1.165, 1.54) is 11.1 Å². The predicted octanol–water partition coefficient (Wildman–Crippen LogP) is 3.88. The number of hydrogen-bond acceptors (Lipinski definition) is 2. The number of aliphatic hydroxyl groups is 1. The van der Waals surface area contributed by atoms with Gasteiger partial charge in [0.05, 0.1) is 9.89 Å². The second kappa shape index (κ2) is 3.99. The van der Waals surface area contributed by atoms with Crippen molar-refractivity contribution >= 4 is 27.3 Å². The minimum Gasteiger partial charge on any atom is -0.387 e. The average Bonchev–Trinajstić information content (AvgIpc) is 2.67. The fraction of sp³-hybridized carbons (Fsp3) is 0.231. The Kier molecular flexibility index (Phi) is 2.62. The topological polar surface area (TPSA) is 20.2 Å². The zero-order valence-electron chi connectivity index (χ0n) is 8.56. The van der Waals surface area contributed by atoms with E-state index in [1.807, 2.05) is 18.2 Å². The van der Waals surface area contributed by atoms with Gasteiger partial charge in [-0.05, 0) is 45.6 Å². The van der Waals surface area contributed by atoms with Crippen LogP contribution >= 0.6 is 27.3 Å². The minimum absolute atomic E-state index is 0.279. The van der Waals surface area contributed by atoms with Gasteiger partial charge in [0.2, 0.25) is 0 Å². The Labute approximate surface area is 107 Å². The highest BCUT2D eigenvalue weighted by Crippen LogP contribution is 2.45. The number of rotatable bonds is 2. The normalized spacial score (nSPS) is 20.0. The predicted molar refractivity (Wildman–Crippen MR) is 69.9 cm³/mol. The molecular weight excluding hydrogens is 284 g/mol. The molecule has 1 nitrogen and oxygen atoms in total. The Morgan fingerprint density at radius 3 is 2.75 bits per heavy atom. The van der Waals surface area contributed by atoms with Crippen LogP contribution in [0.2, 0.25) is 0 Å². The van der Waals surface area contributed by atoms with Crippen LogP contribution < -0.4 is 0 Å². The Bertz CT molecular complexity index is 520. The molecule has 0 saturated heterocycles. The fourth-order valence-electron chi connectivity index (χ4n) is 2.26. The zero-order chi connectivity index (χ0) is 11.1. The van der Waals surface area contributed by atoms with Crippen molar-refractivity contribution in [2.24, 2.45) is 0 Å². The highest BCUT2D eigenvalue weighted by atomic mass is 79.9. The summed E-state index contributed by atoms with van der Waals surface area (Å²) in [7, 11) is 0. The summed E-state index contributed by atoms with van der Waals surface area (Å²) >= 11 is 5.04. The molecule has 16 heavy (non-hydrogen) atoms. The first-order valence-electron chi connectivity index (χ1n) is 5.27. The van der Waals surface area contributed by atoms with E-state index >= 15 is 0 Å². The van der Waals surface area contributed by atoms with Gasteiger partial charge < -0.3 is 5.11 Å². The third-order valence-corrected chi connectivity index (χ3v) is 4.86. The SMILES string of the molecule is OC(c1ccc(Br)s1)C1Cc2ccccc21. The molecule has 0 amide bonds. The van der Waals surface area contributed by atoms with Crippen LogP contribution in [0.1, 0.15) is 28.0 Å². The second-order valence-corrected chi connectivity index (χ2v) is 6.59. The molecule has 1 N–H and O–H groups in total. The van der Waals surface area contributed by atoms with Gasteiger partial charge in [0.1, 0.15) is 0 Å². The van der Waals surface area contributed by atoms with E-state index in [0.717, 1.165) is 15.1 Å². The highest BCUT2D eigenvalue weighted by Gasteiger charge is 2.33. The molecule has 0 radical (unpaired) electrons. The number of thiophene rings is 1. The van der Waals surface area contributed by atoms with Crippen molar-refractivity contribution in [3.8, 4) is 0 Å². The molecule has 0 spiro atoms. The summed E-state index contributed by atoms with van der Waals surface area (Å²) in [5.74, 6) is 0.279. The van der Waals surface area contributed by atoms with Crippen molar-refractivity contribution in [1.82, 2.24) is 0 Å². The van der Waals surface area contributed by atoms with Crippen LogP contribution in [0.25, 0.3) is 0 Å². The van der Waals surface area contributed by atoms with E-state index in [0.29, 0.717) is 0 Å². The highest BCUT2D eigenvalue weighted by molar-refractivity contribution is 9.11. The van der Waals surface area contributed by atoms with Crippen molar-refractivity contribution in [3.05, 3.63) is 56.2 Å². The van der Waals surface area contributed by atoms with E-state index < -0.39 is 0 Å². The molecule has 1 aliphatic carbocycles. The van der Waals surface area contributed by atoms with Crippen molar-refractivity contribution < 1.29 is 5.11 Å². The summed E-state index contributed by atoms with van der Waals surface area (Å²) in [6.45, 7) is 0. The van der Waals surface area contributed by atoms with Gasteiger partial charge in [0.25, 0.3) is 0 Å². The van der Waals surface area contributed by atoms with Crippen LogP contribution in [0.3, 0.4) is 0 Å². The standard InChI is InChI=1S/C13H11BrOS/c14-12-6-5-11(16-12)13(15)10-7-8-3-1-2-4-9(8)10/h1-6,10,13,15H,7H2. The van der Waals surface area contributed by atoms with Gasteiger partial charge in [-0.25, -0.2) is 0 Å². The Morgan fingerprint density at radius 1 is 1.25 bits per heavy atom. The first-order valence-corrected chi connectivity index (χ1v) is 6.88. The molecule has 0 bridgehead atoms. The van der Waals surface area contributed by atoms with Gasteiger partial charge in [-0.3, -0.25) is 0 Å². The molecule has 3 heteroatoms. The maximum Gasteiger partial charge on any atom is 0.0953 e. The molecule has 2 aromatic rings. The number of aliphatic hydroxyl groups excluding tert-OH is 1. The smallest absolute Gasteiger partial charge is 0.0953 e. The van der Waals surface area contributed by atoms with Crippen LogP contribution in [-0.2, 0) is 6.42 Å². The van der Waals surface area contributed by atoms with Gasteiger partial charge in [-0.1, -0.05) is 24.3 Å². The molecule has 82 valence electrons. The molecule has 1 aromatic carbocycles. The van der Waals surface area contributed by atoms with Crippen molar-refractivity contribution in [1.29, 1.82) is 0 Å². The molecule has 1 heterocycles. The maximum absolute atomic E-state index is 10.3. The van der Waals surface area contributed by atoms with Gasteiger partial charge in [0.15, 0.2) is 0 Å². The third kappa shape index (κ3) is 1.63. The zero-order valence-corrected chi connectivity index (χ0v) is 11.0. The molecule has 2 unspecified atom stereocenters. The minimum atomic E-state index is -0.355. The van der Waals surface area contributed by atoms with Crippen LogP contribution in [0, 0.1) is 0 Å². The van der Waals surface area contributed by atoms with E-state index in [2.05, 4.69) is 34.1 Å². The summed E-state index contributed by atoms with van der Waals surface area (Å²) in [6, 6.07) is 12.4. The van der Waals surface area contributed by atoms with Crippen molar-refractivity contribution in [3.63, 3.8) is 0 Å². The number of fused-ring (bicyclic) bond motifs is 1. The third-order valence-electron chi connectivity index (χ3n) is 3.16. The van der Waals surface area contributed by atoms with E-state index in [4.69, 9.17) is 0 Å². The summed E-state index contributed by atoms with van der Waals surface area (Å²) in [6.07, 6.45) is 0.638. The van der Waals surface area contributed by atoms with Gasteiger partial charge in [-0.2, -0.15) is 0 Å². The number of hydrogen-bond donors (Lipinski definition) is 1. The van der Waals surface area contributed by atoms with Crippen molar-refractivity contribution in [2.75, 3.05) is 0 Å². The molecule has 1 aromatic heterocycles. The average molecular weight is 295 g/mol. The summed E-state index contributed by atoms with van der Waals surface area (Å²) in [5.41, 5.74) is 2.68. The first-order chi connectivity index (χ1) is 7.75. The Hall–Kier alpha value is -0.640. The second-order valence-electron chi connectivity index (χ2n) is 4.10. The lowest BCUT2D eigenvalue weighted by atomic mass is 9.74. The van der Waals surface area contributed by atoms with Gasteiger partial charge >= 0.3 is 0 Å². The lowest BCUT2D eigenvalue weighted by Crippen LogP contribution is -2.22. The molecule has 2 atom stereocenters. The van der Waals surface area contributed by atoms with Crippen LogP contribution in [-0.4, -0.2) is 5.11 Å².